The number of benzene rings is 1. The van der Waals surface area contributed by atoms with Gasteiger partial charge in [0.1, 0.15) is 5.69 Å². The predicted molar refractivity (Wildman–Crippen MR) is 142 cm³/mol. The number of aromatic nitrogens is 3. The molecule has 1 aliphatic heterocycles. The normalized spacial score (nSPS) is 14.9. The van der Waals surface area contributed by atoms with Gasteiger partial charge in [-0.15, -0.1) is 11.3 Å². The molecule has 3 aromatic heterocycles. The smallest absolute Gasteiger partial charge is 0.337 e. The lowest BCUT2D eigenvalue weighted by molar-refractivity contribution is 0.0600. The second-order valence-corrected chi connectivity index (χ2v) is 11.1. The first-order valence-corrected chi connectivity index (χ1v) is 13.4. The predicted octanol–water partition coefficient (Wildman–Crippen LogP) is 4.84. The van der Waals surface area contributed by atoms with Gasteiger partial charge in [-0.1, -0.05) is 16.8 Å². The Morgan fingerprint density at radius 1 is 1.22 bits per heavy atom. The average molecular weight is 542 g/mol. The molecule has 0 aliphatic carbocycles. The van der Waals surface area contributed by atoms with E-state index in [2.05, 4.69) is 34.3 Å². The van der Waals surface area contributed by atoms with Crippen molar-refractivity contribution in [3.8, 4) is 10.6 Å². The highest BCUT2D eigenvalue weighted by Gasteiger charge is 2.25. The summed E-state index contributed by atoms with van der Waals surface area (Å²) in [7, 11) is 1.33. The van der Waals surface area contributed by atoms with Crippen LogP contribution in [-0.4, -0.2) is 64.0 Å². The van der Waals surface area contributed by atoms with Gasteiger partial charge in [-0.3, -0.25) is 9.48 Å². The van der Waals surface area contributed by atoms with E-state index in [0.717, 1.165) is 30.8 Å². The van der Waals surface area contributed by atoms with Crippen LogP contribution in [0.1, 0.15) is 53.2 Å². The van der Waals surface area contributed by atoms with E-state index in [1.54, 1.807) is 28.9 Å². The molecule has 1 N–H and O–H groups in total. The first-order valence-electron chi connectivity index (χ1n) is 12.2. The van der Waals surface area contributed by atoms with Gasteiger partial charge >= 0.3 is 5.97 Å². The fourth-order valence-electron chi connectivity index (χ4n) is 4.62. The van der Waals surface area contributed by atoms with Crippen LogP contribution in [0.2, 0.25) is 4.34 Å². The summed E-state index contributed by atoms with van der Waals surface area (Å²) < 4.78 is 12.7. The molecule has 9 nitrogen and oxygen atoms in total. The zero-order chi connectivity index (χ0) is 26.1. The third-order valence-corrected chi connectivity index (χ3v) is 7.92. The summed E-state index contributed by atoms with van der Waals surface area (Å²) in [5.74, 6) is -0.0909. The number of rotatable bonds is 7. The van der Waals surface area contributed by atoms with Gasteiger partial charge in [0.15, 0.2) is 11.5 Å². The first-order chi connectivity index (χ1) is 17.8. The lowest BCUT2D eigenvalue weighted by Crippen LogP contribution is -2.46. The number of likely N-dealkylation sites (tertiary alicyclic amines) is 1. The van der Waals surface area contributed by atoms with Gasteiger partial charge in [-0.2, -0.15) is 5.10 Å². The molecule has 0 spiro atoms. The summed E-state index contributed by atoms with van der Waals surface area (Å²) in [4.78, 5) is 28.8. The summed E-state index contributed by atoms with van der Waals surface area (Å²) in [6, 6.07) is 11.2. The van der Waals surface area contributed by atoms with Crippen LogP contribution in [-0.2, 0) is 11.3 Å². The van der Waals surface area contributed by atoms with Crippen molar-refractivity contribution in [3.05, 3.63) is 57.7 Å². The van der Waals surface area contributed by atoms with E-state index in [1.807, 2.05) is 12.1 Å². The molecule has 1 aromatic carbocycles. The van der Waals surface area contributed by atoms with Crippen molar-refractivity contribution in [1.82, 2.24) is 25.2 Å². The number of nitrogens with zero attached hydrogens (tertiary/aromatic N) is 4. The van der Waals surface area contributed by atoms with Gasteiger partial charge < -0.3 is 19.5 Å². The highest BCUT2D eigenvalue weighted by atomic mass is 35.5. The van der Waals surface area contributed by atoms with Crippen molar-refractivity contribution in [2.24, 2.45) is 0 Å². The lowest BCUT2D eigenvalue weighted by Gasteiger charge is -2.34. The van der Waals surface area contributed by atoms with Crippen LogP contribution in [0, 0.1) is 0 Å². The van der Waals surface area contributed by atoms with Gasteiger partial charge in [-0.25, -0.2) is 4.79 Å². The maximum absolute atomic E-state index is 13.3. The number of hydrogen-bond donors (Lipinski definition) is 1. The standard InChI is InChI=1S/C26H28ClN5O4S/c1-15(2)31-10-8-17(9-11-31)28-25(33)24-19-5-4-16(26(34)35-3)12-20(19)32(29-24)14-18-13-21(36-30-18)22-6-7-23(27)37-22/h4-7,12-13,15,17H,8-11,14H2,1-3H3,(H,28,33). The largest absolute Gasteiger partial charge is 0.465 e. The maximum atomic E-state index is 13.3. The molecule has 1 amide bonds. The average Bonchev–Trinajstić information content (AvgIpc) is 3.63. The monoisotopic (exact) mass is 541 g/mol. The van der Waals surface area contributed by atoms with Crippen molar-refractivity contribution >= 4 is 45.7 Å². The number of nitrogens with one attached hydrogen (secondary N) is 1. The first kappa shape index (κ1) is 25.4. The van der Waals surface area contributed by atoms with Crippen LogP contribution < -0.4 is 5.32 Å². The Hall–Kier alpha value is -3.21. The van der Waals surface area contributed by atoms with Gasteiger partial charge in [-0.05, 0) is 57.0 Å². The zero-order valence-electron chi connectivity index (χ0n) is 20.9. The maximum Gasteiger partial charge on any atom is 0.337 e. The number of ether oxygens (including phenoxy) is 1. The van der Waals surface area contributed by atoms with E-state index in [0.29, 0.717) is 44.0 Å². The Bertz CT molecular complexity index is 1430. The van der Waals surface area contributed by atoms with E-state index < -0.39 is 5.97 Å². The minimum absolute atomic E-state index is 0.0905. The highest BCUT2D eigenvalue weighted by Crippen LogP contribution is 2.31. The number of piperidine rings is 1. The van der Waals surface area contributed by atoms with Crippen LogP contribution in [0.5, 0.6) is 0 Å². The minimum atomic E-state index is -0.462. The molecular formula is C26H28ClN5O4S. The second kappa shape index (κ2) is 10.6. The van der Waals surface area contributed by atoms with Crippen molar-refractivity contribution in [3.63, 3.8) is 0 Å². The summed E-state index contributed by atoms with van der Waals surface area (Å²) >= 11 is 7.45. The molecule has 11 heteroatoms. The number of carbonyl (C=O) groups excluding carboxylic acids is 2. The fraction of sp³-hybridized carbons (Fsp3) is 0.385. The molecule has 4 aromatic rings. The Morgan fingerprint density at radius 3 is 2.68 bits per heavy atom. The Balaban J connectivity index is 1.42. The summed E-state index contributed by atoms with van der Waals surface area (Å²) in [6.45, 7) is 6.53. The van der Waals surface area contributed by atoms with E-state index in [-0.39, 0.29) is 18.5 Å². The number of esters is 1. The molecule has 0 bridgehead atoms. The third kappa shape index (κ3) is 5.41. The van der Waals surface area contributed by atoms with Gasteiger partial charge in [0.25, 0.3) is 5.91 Å². The van der Waals surface area contributed by atoms with Gasteiger partial charge in [0.05, 0.1) is 33.9 Å². The topological polar surface area (TPSA) is 102 Å². The number of fused-ring (bicyclic) bond motifs is 1. The minimum Gasteiger partial charge on any atom is -0.465 e. The highest BCUT2D eigenvalue weighted by molar-refractivity contribution is 7.19. The second-order valence-electron chi connectivity index (χ2n) is 9.39. The van der Waals surface area contributed by atoms with Crippen molar-refractivity contribution in [1.29, 1.82) is 0 Å². The molecule has 0 radical (unpaired) electrons. The van der Waals surface area contributed by atoms with Gasteiger partial charge in [0.2, 0.25) is 0 Å². The molecule has 194 valence electrons. The van der Waals surface area contributed by atoms with Crippen molar-refractivity contribution in [2.45, 2.75) is 45.3 Å². The quantitative estimate of drug-likeness (QED) is 0.334. The zero-order valence-corrected chi connectivity index (χ0v) is 22.4. The van der Waals surface area contributed by atoms with Crippen LogP contribution in [0.25, 0.3) is 21.5 Å². The van der Waals surface area contributed by atoms with Crippen LogP contribution >= 0.6 is 22.9 Å². The van der Waals surface area contributed by atoms with E-state index in [9.17, 15) is 9.59 Å². The van der Waals surface area contributed by atoms with Crippen molar-refractivity contribution in [2.75, 3.05) is 20.2 Å². The van der Waals surface area contributed by atoms with Crippen LogP contribution in [0.4, 0.5) is 0 Å². The number of thiophene rings is 1. The third-order valence-electron chi connectivity index (χ3n) is 6.67. The van der Waals surface area contributed by atoms with Crippen LogP contribution in [0.3, 0.4) is 0 Å². The number of carbonyl (C=O) groups is 2. The number of methoxy groups -OCH3 is 1. The summed E-state index contributed by atoms with van der Waals surface area (Å²) in [6.07, 6.45) is 1.78. The summed E-state index contributed by atoms with van der Waals surface area (Å²) in [5, 5.41) is 12.6. The number of halogens is 1. The van der Waals surface area contributed by atoms with Crippen LogP contribution in [0.15, 0.2) is 40.9 Å². The molecular weight excluding hydrogens is 514 g/mol. The molecule has 0 atom stereocenters. The molecule has 1 fully saturated rings. The number of amides is 1. The SMILES string of the molecule is COC(=O)c1ccc2c(C(=O)NC3CCN(C(C)C)CC3)nn(Cc3cc(-c4ccc(Cl)s4)on3)c2c1. The molecule has 1 aliphatic rings. The Morgan fingerprint density at radius 2 is 2.00 bits per heavy atom. The Labute approximate surface area is 223 Å². The molecule has 0 unspecified atom stereocenters. The van der Waals surface area contributed by atoms with E-state index >= 15 is 0 Å². The lowest BCUT2D eigenvalue weighted by atomic mass is 10.0. The molecule has 1 saturated heterocycles. The van der Waals surface area contributed by atoms with E-state index in [1.165, 1.54) is 18.4 Å². The Kier molecular flexibility index (Phi) is 7.32. The molecule has 37 heavy (non-hydrogen) atoms. The van der Waals surface area contributed by atoms with Crippen molar-refractivity contribution < 1.29 is 18.8 Å². The fourth-order valence-corrected chi connectivity index (χ4v) is 5.61. The van der Waals surface area contributed by atoms with E-state index in [4.69, 9.17) is 20.9 Å². The molecule has 5 rings (SSSR count). The number of hydrogen-bond acceptors (Lipinski definition) is 8. The summed E-state index contributed by atoms with van der Waals surface area (Å²) in [5.41, 5.74) is 1.94. The molecule has 0 saturated carbocycles. The molecule has 4 heterocycles. The van der Waals surface area contributed by atoms with Gasteiger partial charge in [0, 0.05) is 36.6 Å².